The van der Waals surface area contributed by atoms with Crippen LogP contribution in [0.2, 0.25) is 0 Å². The van der Waals surface area contributed by atoms with Gasteiger partial charge >= 0.3 is 0 Å². The fraction of sp³-hybridized carbons (Fsp3) is 0.375. The first kappa shape index (κ1) is 21.1. The number of carbonyl (C=O) groups is 1. The Kier molecular flexibility index (Phi) is 6.62. The third kappa shape index (κ3) is 5.30. The number of aryl methyl sites for hydroxylation is 1. The van der Waals surface area contributed by atoms with Gasteiger partial charge < -0.3 is 14.6 Å². The van der Waals surface area contributed by atoms with Crippen LogP contribution in [-0.4, -0.2) is 47.7 Å². The minimum Gasteiger partial charge on any atom is -0.497 e. The van der Waals surface area contributed by atoms with Gasteiger partial charge in [0.1, 0.15) is 5.75 Å². The first-order chi connectivity index (χ1) is 15.1. The molecular weight excluding hydrogens is 392 g/mol. The molecule has 1 N–H and O–H groups in total. The Bertz CT molecular complexity index is 1010. The lowest BCUT2D eigenvalue weighted by molar-refractivity contribution is -0.117. The van der Waals surface area contributed by atoms with Crippen LogP contribution in [-0.2, 0) is 11.2 Å². The molecule has 7 heteroatoms. The summed E-state index contributed by atoms with van der Waals surface area (Å²) in [7, 11) is 1.64. The first-order valence-corrected chi connectivity index (χ1v) is 10.7. The van der Waals surface area contributed by atoms with Crippen molar-refractivity contribution in [3.05, 3.63) is 60.0 Å². The van der Waals surface area contributed by atoms with Crippen LogP contribution >= 0.6 is 0 Å². The molecule has 0 bridgehead atoms. The third-order valence-electron chi connectivity index (χ3n) is 5.71. The topological polar surface area (TPSA) is 80.5 Å². The minimum atomic E-state index is 0.0197. The van der Waals surface area contributed by atoms with Crippen molar-refractivity contribution in [3.8, 4) is 17.1 Å². The van der Waals surface area contributed by atoms with Gasteiger partial charge in [-0.15, -0.1) is 0 Å². The maximum absolute atomic E-state index is 12.4. The summed E-state index contributed by atoms with van der Waals surface area (Å²) in [5, 5.41) is 7.15. The number of amides is 1. The zero-order valence-electron chi connectivity index (χ0n) is 18.0. The summed E-state index contributed by atoms with van der Waals surface area (Å²) in [5.74, 6) is 2.30. The Hall–Kier alpha value is -3.19. The molecule has 4 rings (SSSR count). The van der Waals surface area contributed by atoms with Gasteiger partial charge in [-0.05, 0) is 74.3 Å². The number of benzene rings is 2. The number of hydrogen-bond donors (Lipinski definition) is 1. The predicted molar refractivity (Wildman–Crippen MR) is 119 cm³/mol. The molecule has 162 valence electrons. The Balaban J connectivity index is 1.28. The maximum Gasteiger partial charge on any atom is 0.238 e. The number of nitrogens with zero attached hydrogens (tertiary/aromatic N) is 3. The van der Waals surface area contributed by atoms with Gasteiger partial charge in [0.15, 0.2) is 0 Å². The fourth-order valence-corrected chi connectivity index (χ4v) is 3.87. The molecule has 0 saturated carbocycles. The number of piperidine rings is 1. The number of nitrogens with one attached hydrogen (secondary N) is 1. The minimum absolute atomic E-state index is 0.0197. The number of anilines is 1. The summed E-state index contributed by atoms with van der Waals surface area (Å²) in [4.78, 5) is 19.2. The zero-order valence-corrected chi connectivity index (χ0v) is 18.0. The van der Waals surface area contributed by atoms with Gasteiger partial charge in [0, 0.05) is 17.2 Å². The van der Waals surface area contributed by atoms with Crippen LogP contribution in [0.3, 0.4) is 0 Å². The molecule has 0 spiro atoms. The van der Waals surface area contributed by atoms with Gasteiger partial charge in [-0.25, -0.2) is 0 Å². The largest absolute Gasteiger partial charge is 0.497 e. The van der Waals surface area contributed by atoms with Crippen molar-refractivity contribution in [1.29, 1.82) is 0 Å². The lowest BCUT2D eigenvalue weighted by Gasteiger charge is -2.29. The van der Waals surface area contributed by atoms with Crippen LogP contribution in [0.4, 0.5) is 5.69 Å². The van der Waals surface area contributed by atoms with E-state index >= 15 is 0 Å². The summed E-state index contributed by atoms with van der Waals surface area (Å²) in [6.45, 7) is 4.15. The average Bonchev–Trinajstić information content (AvgIpc) is 3.30. The van der Waals surface area contributed by atoms with E-state index in [1.54, 1.807) is 7.11 Å². The molecule has 0 unspecified atom stereocenters. The van der Waals surface area contributed by atoms with Crippen molar-refractivity contribution in [3.63, 3.8) is 0 Å². The van der Waals surface area contributed by atoms with Crippen LogP contribution in [0.15, 0.2) is 53.1 Å². The second kappa shape index (κ2) is 9.75. The molecule has 1 aromatic heterocycles. The van der Waals surface area contributed by atoms with Crippen molar-refractivity contribution in [1.82, 2.24) is 15.0 Å². The highest BCUT2D eigenvalue weighted by Gasteiger charge is 2.26. The molecule has 1 aliphatic heterocycles. The van der Waals surface area contributed by atoms with E-state index in [9.17, 15) is 4.79 Å². The van der Waals surface area contributed by atoms with E-state index in [0.717, 1.165) is 49.4 Å². The molecule has 1 aliphatic rings. The predicted octanol–water partition coefficient (Wildman–Crippen LogP) is 4.13. The number of rotatable bonds is 7. The fourth-order valence-electron chi connectivity index (χ4n) is 3.87. The summed E-state index contributed by atoms with van der Waals surface area (Å²) in [6.07, 6.45) is 2.73. The van der Waals surface area contributed by atoms with Gasteiger partial charge in [-0.3, -0.25) is 9.69 Å². The number of hydrogen-bond acceptors (Lipinski definition) is 6. The van der Waals surface area contributed by atoms with E-state index < -0.39 is 0 Å². The molecule has 3 aromatic rings. The van der Waals surface area contributed by atoms with Crippen molar-refractivity contribution in [2.75, 3.05) is 32.1 Å². The lowest BCUT2D eigenvalue weighted by Crippen LogP contribution is -2.38. The summed E-state index contributed by atoms with van der Waals surface area (Å²) in [5.41, 5.74) is 2.97. The monoisotopic (exact) mass is 420 g/mol. The highest BCUT2D eigenvalue weighted by Crippen LogP contribution is 2.29. The number of methoxy groups -OCH3 is 1. The molecule has 2 aromatic carbocycles. The molecule has 0 atom stereocenters. The highest BCUT2D eigenvalue weighted by molar-refractivity contribution is 5.92. The van der Waals surface area contributed by atoms with Gasteiger partial charge in [0.25, 0.3) is 0 Å². The second-order valence-corrected chi connectivity index (χ2v) is 7.84. The van der Waals surface area contributed by atoms with E-state index in [-0.39, 0.29) is 11.8 Å². The van der Waals surface area contributed by atoms with Crippen molar-refractivity contribution >= 4 is 11.6 Å². The van der Waals surface area contributed by atoms with Crippen LogP contribution in [0.5, 0.6) is 5.75 Å². The van der Waals surface area contributed by atoms with E-state index in [1.165, 1.54) is 5.56 Å². The molecule has 7 nitrogen and oxygen atoms in total. The number of likely N-dealkylation sites (tertiary alicyclic amines) is 1. The smallest absolute Gasteiger partial charge is 0.238 e. The van der Waals surface area contributed by atoms with Gasteiger partial charge in [-0.1, -0.05) is 24.2 Å². The number of ether oxygens (including phenoxy) is 1. The summed E-state index contributed by atoms with van der Waals surface area (Å²) in [6, 6.07) is 15.6. The maximum atomic E-state index is 12.4. The Morgan fingerprint density at radius 1 is 1.19 bits per heavy atom. The van der Waals surface area contributed by atoms with Crippen molar-refractivity contribution in [2.24, 2.45) is 0 Å². The number of carbonyl (C=O) groups excluding carboxylic acids is 1. The number of aromatic nitrogens is 2. The molecule has 1 saturated heterocycles. The average molecular weight is 421 g/mol. The highest BCUT2D eigenvalue weighted by atomic mass is 16.5. The molecule has 1 amide bonds. The molecular formula is C24H28N4O3. The quantitative estimate of drug-likeness (QED) is 0.619. The molecule has 0 radical (unpaired) electrons. The third-order valence-corrected chi connectivity index (χ3v) is 5.71. The summed E-state index contributed by atoms with van der Waals surface area (Å²) >= 11 is 0. The van der Waals surface area contributed by atoms with Crippen molar-refractivity contribution in [2.45, 2.75) is 32.1 Å². The molecule has 31 heavy (non-hydrogen) atoms. The molecule has 0 aliphatic carbocycles. The Morgan fingerprint density at radius 3 is 2.68 bits per heavy atom. The molecule has 1 fully saturated rings. The van der Waals surface area contributed by atoms with Crippen LogP contribution < -0.4 is 10.1 Å². The lowest BCUT2D eigenvalue weighted by atomic mass is 9.97. The standard InChI is InChI=1S/C24H28N4O3/c1-3-17-5-4-6-20(15-17)25-22(29)16-28-13-11-19(12-14-28)24-26-23(27-31-24)18-7-9-21(30-2)10-8-18/h4-10,15,19H,3,11-14,16H2,1-2H3,(H,25,29). The van der Waals surface area contributed by atoms with E-state index in [0.29, 0.717) is 18.3 Å². The Morgan fingerprint density at radius 2 is 1.97 bits per heavy atom. The van der Waals surface area contributed by atoms with Gasteiger partial charge in [0.2, 0.25) is 17.6 Å². The van der Waals surface area contributed by atoms with E-state index in [4.69, 9.17) is 9.26 Å². The van der Waals surface area contributed by atoms with E-state index in [1.807, 2.05) is 42.5 Å². The van der Waals surface area contributed by atoms with Gasteiger partial charge in [0.05, 0.1) is 13.7 Å². The normalized spacial score (nSPS) is 15.0. The van der Waals surface area contributed by atoms with Crippen LogP contribution in [0.25, 0.3) is 11.4 Å². The first-order valence-electron chi connectivity index (χ1n) is 10.7. The summed E-state index contributed by atoms with van der Waals surface area (Å²) < 4.78 is 10.7. The van der Waals surface area contributed by atoms with Crippen LogP contribution in [0, 0.1) is 0 Å². The van der Waals surface area contributed by atoms with Crippen LogP contribution in [0.1, 0.15) is 37.1 Å². The SMILES string of the molecule is CCc1cccc(NC(=O)CN2CCC(c3nc(-c4ccc(OC)cc4)no3)CC2)c1. The zero-order chi connectivity index (χ0) is 21.6. The molecule has 2 heterocycles. The van der Waals surface area contributed by atoms with Gasteiger partial charge in [-0.2, -0.15) is 4.98 Å². The second-order valence-electron chi connectivity index (χ2n) is 7.84. The van der Waals surface area contributed by atoms with Crippen molar-refractivity contribution < 1.29 is 14.1 Å². The Labute approximate surface area is 182 Å². The van der Waals surface area contributed by atoms with E-state index in [2.05, 4.69) is 33.3 Å².